The van der Waals surface area contributed by atoms with E-state index in [-0.39, 0.29) is 35.4 Å². The Hall–Kier alpha value is -4.00. The van der Waals surface area contributed by atoms with Crippen molar-refractivity contribution in [2.24, 2.45) is 0 Å². The lowest BCUT2D eigenvalue weighted by molar-refractivity contribution is -0.146. The summed E-state index contributed by atoms with van der Waals surface area (Å²) in [4.78, 5) is 32.3. The molecular formula is C22H22FN7O2. The van der Waals surface area contributed by atoms with Gasteiger partial charge in [0.25, 0.3) is 5.91 Å². The Bertz CT molecular complexity index is 1310. The molecular weight excluding hydrogens is 413 g/mol. The Labute approximate surface area is 183 Å². The number of nitriles is 1. The highest BCUT2D eigenvalue weighted by atomic mass is 19.1. The fraction of sp³-hybridized carbons (Fsp3) is 0.318. The van der Waals surface area contributed by atoms with E-state index in [4.69, 9.17) is 5.73 Å². The molecule has 9 nitrogen and oxygen atoms in total. The summed E-state index contributed by atoms with van der Waals surface area (Å²) in [7, 11) is 0. The number of nitrogens with two attached hydrogens (primary N) is 1. The molecule has 1 aromatic carbocycles. The smallest absolute Gasteiger partial charge is 0.252 e. The zero-order valence-electron chi connectivity index (χ0n) is 18.1. The van der Waals surface area contributed by atoms with Crippen molar-refractivity contribution in [1.29, 1.82) is 5.26 Å². The van der Waals surface area contributed by atoms with Crippen molar-refractivity contribution in [3.63, 3.8) is 0 Å². The number of anilines is 2. The SMILES string of the molecule is CC(=O)N1CC(C)N(c2cc(-c3cc(C#N)c4c(N)ncnn34)ccc2F)C(=O)C1(C)C. The van der Waals surface area contributed by atoms with Gasteiger partial charge in [0.2, 0.25) is 5.91 Å². The van der Waals surface area contributed by atoms with Gasteiger partial charge in [-0.1, -0.05) is 0 Å². The summed E-state index contributed by atoms with van der Waals surface area (Å²) in [5.41, 5.74) is 6.59. The number of rotatable bonds is 2. The van der Waals surface area contributed by atoms with Crippen LogP contribution in [0.5, 0.6) is 0 Å². The minimum Gasteiger partial charge on any atom is -0.382 e. The molecule has 3 aromatic rings. The molecule has 0 spiro atoms. The fourth-order valence-electron chi connectivity index (χ4n) is 4.27. The minimum absolute atomic E-state index is 0.0896. The molecule has 1 saturated heterocycles. The van der Waals surface area contributed by atoms with E-state index in [0.717, 1.165) is 0 Å². The molecule has 164 valence electrons. The third kappa shape index (κ3) is 3.05. The Morgan fingerprint density at radius 1 is 1.34 bits per heavy atom. The number of nitrogen functional groups attached to an aromatic ring is 1. The molecule has 1 unspecified atom stereocenters. The zero-order valence-corrected chi connectivity index (χ0v) is 18.1. The van der Waals surface area contributed by atoms with Gasteiger partial charge in [0, 0.05) is 19.0 Å². The Kier molecular flexibility index (Phi) is 4.85. The minimum atomic E-state index is -1.13. The van der Waals surface area contributed by atoms with Crippen LogP contribution in [0.2, 0.25) is 0 Å². The van der Waals surface area contributed by atoms with Gasteiger partial charge in [0.1, 0.15) is 29.3 Å². The summed E-state index contributed by atoms with van der Waals surface area (Å²) >= 11 is 0. The van der Waals surface area contributed by atoms with E-state index in [0.29, 0.717) is 16.8 Å². The predicted molar refractivity (Wildman–Crippen MR) is 116 cm³/mol. The fourth-order valence-corrected chi connectivity index (χ4v) is 4.27. The molecule has 1 atom stereocenters. The van der Waals surface area contributed by atoms with Crippen LogP contribution in [0.3, 0.4) is 0 Å². The summed E-state index contributed by atoms with van der Waals surface area (Å²) < 4.78 is 16.5. The third-order valence-corrected chi connectivity index (χ3v) is 5.89. The van der Waals surface area contributed by atoms with Gasteiger partial charge in [-0.2, -0.15) is 10.4 Å². The van der Waals surface area contributed by atoms with Crippen molar-refractivity contribution in [2.75, 3.05) is 17.2 Å². The molecule has 0 aliphatic carbocycles. The van der Waals surface area contributed by atoms with Gasteiger partial charge in [0.05, 0.1) is 23.0 Å². The summed E-state index contributed by atoms with van der Waals surface area (Å²) in [6.45, 7) is 6.75. The number of aromatic nitrogens is 3. The van der Waals surface area contributed by atoms with Crippen LogP contribution in [0, 0.1) is 17.1 Å². The third-order valence-electron chi connectivity index (χ3n) is 5.89. The van der Waals surface area contributed by atoms with Gasteiger partial charge in [-0.3, -0.25) is 9.59 Å². The van der Waals surface area contributed by atoms with Gasteiger partial charge in [-0.05, 0) is 45.0 Å². The molecule has 0 saturated carbocycles. The standard InChI is InChI=1S/C22H22FN7O2/c1-12-10-28(13(2)31)22(3,4)21(32)29(12)18-7-14(5-6-16(18)23)17-8-15(9-24)19-20(25)26-11-27-30(17)19/h5-8,11-12H,10H2,1-4H3,(H2,25,26,27). The summed E-state index contributed by atoms with van der Waals surface area (Å²) in [5.74, 6) is -1.02. The first-order valence-corrected chi connectivity index (χ1v) is 10.0. The molecule has 32 heavy (non-hydrogen) atoms. The number of carbonyl (C=O) groups excluding carboxylic acids is 2. The van der Waals surface area contributed by atoms with Crippen LogP contribution in [-0.2, 0) is 9.59 Å². The number of carbonyl (C=O) groups is 2. The summed E-state index contributed by atoms with van der Waals surface area (Å²) in [6, 6.07) is 7.59. The van der Waals surface area contributed by atoms with Crippen LogP contribution in [0.4, 0.5) is 15.9 Å². The number of hydrogen-bond acceptors (Lipinski definition) is 6. The monoisotopic (exact) mass is 435 g/mol. The van der Waals surface area contributed by atoms with E-state index in [9.17, 15) is 19.2 Å². The van der Waals surface area contributed by atoms with Crippen molar-refractivity contribution in [3.05, 3.63) is 42.0 Å². The van der Waals surface area contributed by atoms with E-state index in [1.165, 1.54) is 33.6 Å². The molecule has 2 amide bonds. The lowest BCUT2D eigenvalue weighted by Crippen LogP contribution is -2.67. The lowest BCUT2D eigenvalue weighted by atomic mass is 9.93. The van der Waals surface area contributed by atoms with Crippen molar-refractivity contribution in [3.8, 4) is 17.3 Å². The van der Waals surface area contributed by atoms with Gasteiger partial charge >= 0.3 is 0 Å². The number of fused-ring (bicyclic) bond motifs is 1. The van der Waals surface area contributed by atoms with Crippen molar-refractivity contribution >= 4 is 28.8 Å². The highest BCUT2D eigenvalue weighted by molar-refractivity contribution is 6.03. The number of hydrogen-bond donors (Lipinski definition) is 1. The second kappa shape index (κ2) is 7.30. The average molecular weight is 435 g/mol. The van der Waals surface area contributed by atoms with E-state index in [1.54, 1.807) is 39.0 Å². The molecule has 2 aromatic heterocycles. The predicted octanol–water partition coefficient (Wildman–Crippen LogP) is 2.35. The van der Waals surface area contributed by atoms with Crippen LogP contribution in [0.15, 0.2) is 30.6 Å². The second-order valence-corrected chi connectivity index (χ2v) is 8.34. The molecule has 2 N–H and O–H groups in total. The van der Waals surface area contributed by atoms with Crippen molar-refractivity contribution < 1.29 is 14.0 Å². The maximum absolute atomic E-state index is 15.0. The van der Waals surface area contributed by atoms with E-state index in [2.05, 4.69) is 16.2 Å². The van der Waals surface area contributed by atoms with Crippen LogP contribution in [0.1, 0.15) is 33.3 Å². The maximum atomic E-state index is 15.0. The van der Waals surface area contributed by atoms with Gasteiger partial charge in [-0.15, -0.1) is 0 Å². The molecule has 0 bridgehead atoms. The van der Waals surface area contributed by atoms with Crippen molar-refractivity contribution in [2.45, 2.75) is 39.3 Å². The van der Waals surface area contributed by atoms with Crippen LogP contribution >= 0.6 is 0 Å². The number of benzene rings is 1. The van der Waals surface area contributed by atoms with E-state index in [1.807, 2.05) is 0 Å². The lowest BCUT2D eigenvalue weighted by Gasteiger charge is -2.48. The van der Waals surface area contributed by atoms with Gasteiger partial charge < -0.3 is 15.5 Å². The highest BCUT2D eigenvalue weighted by Gasteiger charge is 2.47. The Morgan fingerprint density at radius 2 is 2.06 bits per heavy atom. The number of nitrogens with zero attached hydrogens (tertiary/aromatic N) is 6. The zero-order chi connectivity index (χ0) is 23.4. The molecule has 1 fully saturated rings. The first-order chi connectivity index (χ1) is 15.1. The molecule has 1 aliphatic rings. The van der Waals surface area contributed by atoms with Crippen LogP contribution in [0.25, 0.3) is 16.8 Å². The van der Waals surface area contributed by atoms with Gasteiger partial charge in [-0.25, -0.2) is 13.9 Å². The number of amides is 2. The molecule has 4 rings (SSSR count). The topological polar surface area (TPSA) is 121 Å². The summed E-state index contributed by atoms with van der Waals surface area (Å²) in [6.07, 6.45) is 1.27. The van der Waals surface area contributed by atoms with Gasteiger partial charge in [0.15, 0.2) is 5.82 Å². The molecule has 10 heteroatoms. The largest absolute Gasteiger partial charge is 0.382 e. The Morgan fingerprint density at radius 3 is 2.72 bits per heavy atom. The highest BCUT2D eigenvalue weighted by Crippen LogP contribution is 2.35. The van der Waals surface area contributed by atoms with Crippen LogP contribution in [-0.4, -0.2) is 49.4 Å². The molecule has 3 heterocycles. The first-order valence-electron chi connectivity index (χ1n) is 10.0. The molecule has 1 aliphatic heterocycles. The second-order valence-electron chi connectivity index (χ2n) is 8.34. The normalized spacial score (nSPS) is 18.1. The first kappa shape index (κ1) is 21.2. The average Bonchev–Trinajstić information content (AvgIpc) is 3.12. The van der Waals surface area contributed by atoms with Crippen molar-refractivity contribution in [1.82, 2.24) is 19.5 Å². The quantitative estimate of drug-likeness (QED) is 0.660. The number of halogens is 1. The number of piperazine rings is 1. The van der Waals surface area contributed by atoms with E-state index < -0.39 is 17.4 Å². The van der Waals surface area contributed by atoms with E-state index >= 15 is 0 Å². The maximum Gasteiger partial charge on any atom is 0.252 e. The summed E-state index contributed by atoms with van der Waals surface area (Å²) in [5, 5.41) is 13.7. The van der Waals surface area contributed by atoms with Crippen LogP contribution < -0.4 is 10.6 Å². The Balaban J connectivity index is 1.86. The molecule has 0 radical (unpaired) electrons.